The van der Waals surface area contributed by atoms with Gasteiger partial charge < -0.3 is 4.90 Å². The summed E-state index contributed by atoms with van der Waals surface area (Å²) in [5.74, 6) is 0.0195. The van der Waals surface area contributed by atoms with Gasteiger partial charge in [0.2, 0.25) is 0 Å². The van der Waals surface area contributed by atoms with Crippen molar-refractivity contribution in [3.63, 3.8) is 0 Å². The maximum atomic E-state index is 12.3. The molecule has 2 aromatic heterocycles. The highest BCUT2D eigenvalue weighted by Crippen LogP contribution is 2.22. The number of aryl methyl sites for hydroxylation is 1. The Morgan fingerprint density at radius 1 is 1.53 bits per heavy atom. The number of nitrogens with one attached hydrogen (secondary N) is 1. The van der Waals surface area contributed by atoms with Crippen LogP contribution in [0.3, 0.4) is 0 Å². The number of rotatable bonds is 2. The zero-order valence-electron chi connectivity index (χ0n) is 10.9. The topological polar surface area (TPSA) is 66.8 Å². The van der Waals surface area contributed by atoms with Gasteiger partial charge in [-0.1, -0.05) is 0 Å². The monoisotopic (exact) mass is 259 g/mol. The van der Waals surface area contributed by atoms with Crippen LogP contribution in [0.15, 0.2) is 24.7 Å². The van der Waals surface area contributed by atoms with Gasteiger partial charge in [0, 0.05) is 25.5 Å². The quantitative estimate of drug-likeness (QED) is 0.886. The third-order valence-electron chi connectivity index (χ3n) is 3.52. The van der Waals surface area contributed by atoms with Crippen LogP contribution in [-0.2, 0) is 0 Å². The Balaban J connectivity index is 1.73. The molecule has 1 fully saturated rings. The second-order valence-electron chi connectivity index (χ2n) is 5.02. The summed E-state index contributed by atoms with van der Waals surface area (Å²) in [6.45, 7) is 3.54. The van der Waals surface area contributed by atoms with Gasteiger partial charge in [0.1, 0.15) is 5.69 Å². The van der Waals surface area contributed by atoms with E-state index in [0.29, 0.717) is 12.2 Å². The van der Waals surface area contributed by atoms with Gasteiger partial charge in [-0.05, 0) is 31.4 Å². The van der Waals surface area contributed by atoms with Gasteiger partial charge in [-0.3, -0.25) is 14.6 Å². The van der Waals surface area contributed by atoms with Gasteiger partial charge in [0.25, 0.3) is 5.91 Å². The number of H-pyrrole nitrogens is 1. The molecule has 3 rings (SSSR count). The van der Waals surface area contributed by atoms with E-state index >= 15 is 0 Å². The molecule has 0 spiro atoms. The molecule has 1 N–H and O–H groups in total. The average Bonchev–Trinajstić information content (AvgIpc) is 3.09. The third kappa shape index (κ3) is 2.38. The maximum absolute atomic E-state index is 12.3. The van der Waals surface area contributed by atoms with Crippen molar-refractivity contribution in [3.8, 4) is 0 Å². The van der Waals surface area contributed by atoms with Crippen LogP contribution in [0, 0.1) is 6.92 Å². The highest BCUT2D eigenvalue weighted by Gasteiger charge is 2.26. The molecule has 1 aliphatic heterocycles. The van der Waals surface area contributed by atoms with E-state index in [1.165, 1.54) is 0 Å². The van der Waals surface area contributed by atoms with Crippen molar-refractivity contribution < 1.29 is 4.79 Å². The first kappa shape index (κ1) is 12.0. The Bertz CT molecular complexity index is 559. The molecule has 2 aromatic rings. The van der Waals surface area contributed by atoms with Crippen LogP contribution >= 0.6 is 0 Å². The van der Waals surface area contributed by atoms with Gasteiger partial charge in [-0.25, -0.2) is 0 Å². The van der Waals surface area contributed by atoms with E-state index in [9.17, 15) is 4.79 Å². The standard InChI is InChI=1S/C13H17N5O/c1-10-7-15-18(8-10)11-3-2-6-17(9-11)13(19)12-4-5-14-16-12/h4-5,7-8,11H,2-3,6,9H2,1H3,(H,14,16)/t11-/m0/s1. The second kappa shape index (κ2) is 4.87. The number of likely N-dealkylation sites (tertiary alicyclic amines) is 1. The summed E-state index contributed by atoms with van der Waals surface area (Å²) in [5.41, 5.74) is 1.70. The Labute approximate surface area is 111 Å². The Morgan fingerprint density at radius 3 is 3.11 bits per heavy atom. The summed E-state index contributed by atoms with van der Waals surface area (Å²) in [5, 5.41) is 10.9. The van der Waals surface area contributed by atoms with Crippen molar-refractivity contribution in [2.45, 2.75) is 25.8 Å². The normalized spacial score (nSPS) is 19.6. The van der Waals surface area contributed by atoms with Crippen molar-refractivity contribution >= 4 is 5.91 Å². The van der Waals surface area contributed by atoms with E-state index in [1.54, 1.807) is 12.3 Å². The number of carbonyl (C=O) groups excluding carboxylic acids is 1. The molecule has 0 aliphatic carbocycles. The molecule has 0 unspecified atom stereocenters. The van der Waals surface area contributed by atoms with E-state index in [0.717, 1.165) is 24.9 Å². The van der Waals surface area contributed by atoms with Crippen LogP contribution in [0.25, 0.3) is 0 Å². The van der Waals surface area contributed by atoms with Gasteiger partial charge in [0.05, 0.1) is 12.2 Å². The largest absolute Gasteiger partial charge is 0.335 e. The van der Waals surface area contributed by atoms with Crippen LogP contribution in [0.1, 0.15) is 34.9 Å². The lowest BCUT2D eigenvalue weighted by molar-refractivity contribution is 0.0667. The van der Waals surface area contributed by atoms with Crippen LogP contribution in [0.2, 0.25) is 0 Å². The third-order valence-corrected chi connectivity index (χ3v) is 3.52. The van der Waals surface area contributed by atoms with Gasteiger partial charge in [-0.15, -0.1) is 0 Å². The van der Waals surface area contributed by atoms with Crippen LogP contribution in [0.4, 0.5) is 0 Å². The molecule has 1 saturated heterocycles. The number of aromatic nitrogens is 4. The number of hydrogen-bond acceptors (Lipinski definition) is 3. The molecular formula is C13H17N5O. The van der Waals surface area contributed by atoms with E-state index in [4.69, 9.17) is 0 Å². The smallest absolute Gasteiger partial charge is 0.271 e. The number of nitrogens with zero attached hydrogens (tertiary/aromatic N) is 4. The molecule has 6 nitrogen and oxygen atoms in total. The second-order valence-corrected chi connectivity index (χ2v) is 5.02. The number of piperidine rings is 1. The lowest BCUT2D eigenvalue weighted by atomic mass is 10.1. The molecule has 6 heteroatoms. The van der Waals surface area contributed by atoms with Crippen LogP contribution in [-0.4, -0.2) is 43.9 Å². The zero-order valence-corrected chi connectivity index (χ0v) is 10.9. The zero-order chi connectivity index (χ0) is 13.2. The molecule has 100 valence electrons. The molecule has 0 saturated carbocycles. The summed E-state index contributed by atoms with van der Waals surface area (Å²) in [6.07, 6.45) is 7.56. The lowest BCUT2D eigenvalue weighted by Gasteiger charge is -2.32. The minimum Gasteiger partial charge on any atom is -0.335 e. The fraction of sp³-hybridized carbons (Fsp3) is 0.462. The molecule has 0 bridgehead atoms. The summed E-state index contributed by atoms with van der Waals surface area (Å²) in [6, 6.07) is 1.98. The number of amides is 1. The Morgan fingerprint density at radius 2 is 2.42 bits per heavy atom. The SMILES string of the molecule is Cc1cnn([C@H]2CCCN(C(=O)c3ccn[nH]3)C2)c1. The summed E-state index contributed by atoms with van der Waals surface area (Å²) < 4.78 is 1.97. The molecule has 3 heterocycles. The lowest BCUT2D eigenvalue weighted by Crippen LogP contribution is -2.41. The van der Waals surface area contributed by atoms with Crippen molar-refractivity contribution in [2.75, 3.05) is 13.1 Å². The summed E-state index contributed by atoms with van der Waals surface area (Å²) in [7, 11) is 0. The summed E-state index contributed by atoms with van der Waals surface area (Å²) in [4.78, 5) is 14.1. The van der Waals surface area contributed by atoms with E-state index in [2.05, 4.69) is 15.3 Å². The van der Waals surface area contributed by atoms with Crippen molar-refractivity contribution in [1.82, 2.24) is 24.9 Å². The first-order valence-corrected chi connectivity index (χ1v) is 6.53. The fourth-order valence-corrected chi connectivity index (χ4v) is 2.53. The Kier molecular flexibility index (Phi) is 3.06. The maximum Gasteiger partial charge on any atom is 0.271 e. The average molecular weight is 259 g/mol. The van der Waals surface area contributed by atoms with Crippen LogP contribution in [0.5, 0.6) is 0 Å². The predicted octanol–water partition coefficient (Wildman–Crippen LogP) is 1.39. The number of aromatic amines is 1. The number of hydrogen-bond donors (Lipinski definition) is 1. The Hall–Kier alpha value is -2.11. The van der Waals surface area contributed by atoms with Crippen molar-refractivity contribution in [2.24, 2.45) is 0 Å². The molecule has 1 amide bonds. The fourth-order valence-electron chi connectivity index (χ4n) is 2.53. The molecule has 1 atom stereocenters. The minimum atomic E-state index is 0.0195. The van der Waals surface area contributed by atoms with E-state index in [1.807, 2.05) is 28.9 Å². The molecular weight excluding hydrogens is 242 g/mol. The highest BCUT2D eigenvalue weighted by molar-refractivity contribution is 5.92. The van der Waals surface area contributed by atoms with Crippen molar-refractivity contribution in [1.29, 1.82) is 0 Å². The predicted molar refractivity (Wildman–Crippen MR) is 69.7 cm³/mol. The molecule has 1 aliphatic rings. The summed E-state index contributed by atoms with van der Waals surface area (Å²) >= 11 is 0. The molecule has 19 heavy (non-hydrogen) atoms. The number of carbonyl (C=O) groups is 1. The molecule has 0 aromatic carbocycles. The van der Waals surface area contributed by atoms with Gasteiger partial charge >= 0.3 is 0 Å². The van der Waals surface area contributed by atoms with Gasteiger partial charge in [0.15, 0.2) is 0 Å². The van der Waals surface area contributed by atoms with Gasteiger partial charge in [-0.2, -0.15) is 10.2 Å². The molecule has 0 radical (unpaired) electrons. The minimum absolute atomic E-state index is 0.0195. The van der Waals surface area contributed by atoms with E-state index in [-0.39, 0.29) is 11.9 Å². The van der Waals surface area contributed by atoms with Crippen molar-refractivity contribution in [3.05, 3.63) is 35.9 Å². The first-order valence-electron chi connectivity index (χ1n) is 6.53. The van der Waals surface area contributed by atoms with Crippen LogP contribution < -0.4 is 0 Å². The van der Waals surface area contributed by atoms with E-state index < -0.39 is 0 Å². The first-order chi connectivity index (χ1) is 9.24. The highest BCUT2D eigenvalue weighted by atomic mass is 16.2.